The highest BCUT2D eigenvalue weighted by molar-refractivity contribution is 6.31. The van der Waals surface area contributed by atoms with Crippen molar-refractivity contribution in [1.29, 1.82) is 0 Å². The Bertz CT molecular complexity index is 646. The van der Waals surface area contributed by atoms with Crippen LogP contribution in [0.2, 0.25) is 5.02 Å². The van der Waals surface area contributed by atoms with Crippen LogP contribution in [0.1, 0.15) is 16.1 Å². The third-order valence-electron chi connectivity index (χ3n) is 2.76. The second kappa shape index (κ2) is 6.30. The van der Waals surface area contributed by atoms with Gasteiger partial charge in [0, 0.05) is 11.8 Å². The molecule has 0 radical (unpaired) electrons. The monoisotopic (exact) mass is 291 g/mol. The van der Waals surface area contributed by atoms with Gasteiger partial charge in [-0.1, -0.05) is 11.6 Å². The summed E-state index contributed by atoms with van der Waals surface area (Å²) in [6, 6.07) is 6.96. The number of benzene rings is 1. The van der Waals surface area contributed by atoms with Crippen LogP contribution in [0.15, 0.2) is 36.5 Å². The van der Waals surface area contributed by atoms with Gasteiger partial charge in [-0.2, -0.15) is 0 Å². The Morgan fingerprint density at radius 1 is 1.25 bits per heavy atom. The van der Waals surface area contributed by atoms with Crippen LogP contribution in [0.3, 0.4) is 0 Å². The normalized spacial score (nSPS) is 10.8. The molecule has 0 bridgehead atoms. The standard InChI is InChI=1S/C15H14ClNO3/c1-19-12-4-6-15(20-2)10(7-12)3-5-14(18)13-8-11(16)9-17-13/h3-9,17H,1-2H3/b5-3+. The van der Waals surface area contributed by atoms with E-state index in [2.05, 4.69) is 4.98 Å². The molecular formula is C15H14ClNO3. The second-order valence-electron chi connectivity index (χ2n) is 4.04. The Morgan fingerprint density at radius 3 is 2.65 bits per heavy atom. The minimum absolute atomic E-state index is 0.165. The number of aromatic nitrogens is 1. The maximum Gasteiger partial charge on any atom is 0.202 e. The lowest BCUT2D eigenvalue weighted by Gasteiger charge is -2.06. The lowest BCUT2D eigenvalue weighted by atomic mass is 10.1. The first-order valence-electron chi connectivity index (χ1n) is 5.92. The Morgan fingerprint density at radius 2 is 2.05 bits per heavy atom. The maximum atomic E-state index is 11.9. The van der Waals surface area contributed by atoms with E-state index < -0.39 is 0 Å². The van der Waals surface area contributed by atoms with Gasteiger partial charge >= 0.3 is 0 Å². The smallest absolute Gasteiger partial charge is 0.202 e. The molecule has 1 aromatic heterocycles. The third-order valence-corrected chi connectivity index (χ3v) is 2.98. The first kappa shape index (κ1) is 14.2. The van der Waals surface area contributed by atoms with Gasteiger partial charge < -0.3 is 14.5 Å². The average Bonchev–Trinajstić information content (AvgIpc) is 2.91. The van der Waals surface area contributed by atoms with Crippen LogP contribution < -0.4 is 9.47 Å². The summed E-state index contributed by atoms with van der Waals surface area (Å²) >= 11 is 5.76. The van der Waals surface area contributed by atoms with Crippen LogP contribution in [0, 0.1) is 0 Å². The van der Waals surface area contributed by atoms with Crippen molar-refractivity contribution >= 4 is 23.5 Å². The average molecular weight is 292 g/mol. The summed E-state index contributed by atoms with van der Waals surface area (Å²) in [7, 11) is 3.16. The van der Waals surface area contributed by atoms with E-state index in [0.717, 1.165) is 5.56 Å². The number of hydrogen-bond donors (Lipinski definition) is 1. The van der Waals surface area contributed by atoms with Crippen LogP contribution >= 0.6 is 11.6 Å². The molecule has 2 rings (SSSR count). The van der Waals surface area contributed by atoms with Gasteiger partial charge in [0.2, 0.25) is 5.78 Å². The van der Waals surface area contributed by atoms with Gasteiger partial charge in [0.1, 0.15) is 11.5 Å². The molecule has 1 N–H and O–H groups in total. The van der Waals surface area contributed by atoms with Crippen molar-refractivity contribution in [3.8, 4) is 11.5 Å². The highest BCUT2D eigenvalue weighted by Crippen LogP contribution is 2.25. The van der Waals surface area contributed by atoms with Gasteiger partial charge in [-0.3, -0.25) is 4.79 Å². The largest absolute Gasteiger partial charge is 0.497 e. The fraction of sp³-hybridized carbons (Fsp3) is 0.133. The zero-order valence-electron chi connectivity index (χ0n) is 11.1. The lowest BCUT2D eigenvalue weighted by molar-refractivity contribution is 0.104. The summed E-state index contributed by atoms with van der Waals surface area (Å²) in [6.45, 7) is 0. The van der Waals surface area contributed by atoms with Gasteiger partial charge in [-0.15, -0.1) is 0 Å². The maximum absolute atomic E-state index is 11.9. The molecule has 0 saturated heterocycles. The number of nitrogens with one attached hydrogen (secondary N) is 1. The van der Waals surface area contributed by atoms with Crippen molar-refractivity contribution in [3.05, 3.63) is 52.8 Å². The molecule has 0 aliphatic heterocycles. The van der Waals surface area contributed by atoms with Gasteiger partial charge in [-0.25, -0.2) is 0 Å². The topological polar surface area (TPSA) is 51.3 Å². The Labute approximate surface area is 122 Å². The predicted octanol–water partition coefficient (Wildman–Crippen LogP) is 3.58. The van der Waals surface area contributed by atoms with Crippen molar-refractivity contribution in [2.45, 2.75) is 0 Å². The molecule has 0 saturated carbocycles. The van der Waals surface area contributed by atoms with E-state index in [1.165, 1.54) is 6.08 Å². The van der Waals surface area contributed by atoms with Crippen molar-refractivity contribution in [2.75, 3.05) is 14.2 Å². The number of ether oxygens (including phenoxy) is 2. The molecule has 5 heteroatoms. The van der Waals surface area contributed by atoms with Gasteiger partial charge in [0.15, 0.2) is 0 Å². The number of ketones is 1. The summed E-state index contributed by atoms with van der Waals surface area (Å²) in [4.78, 5) is 14.7. The van der Waals surface area contributed by atoms with Gasteiger partial charge in [-0.05, 0) is 36.4 Å². The molecule has 0 aliphatic carbocycles. The summed E-state index contributed by atoms with van der Waals surface area (Å²) in [5, 5.41) is 0.501. The molecule has 1 aromatic carbocycles. The molecule has 20 heavy (non-hydrogen) atoms. The number of H-pyrrole nitrogens is 1. The molecule has 0 unspecified atom stereocenters. The molecule has 104 valence electrons. The minimum Gasteiger partial charge on any atom is -0.497 e. The Hall–Kier alpha value is -2.20. The number of halogens is 1. The fourth-order valence-corrected chi connectivity index (χ4v) is 1.90. The summed E-state index contributed by atoms with van der Waals surface area (Å²) in [5.74, 6) is 1.20. The number of carbonyl (C=O) groups is 1. The predicted molar refractivity (Wildman–Crippen MR) is 78.7 cm³/mol. The first-order valence-corrected chi connectivity index (χ1v) is 6.30. The van der Waals surface area contributed by atoms with Gasteiger partial charge in [0.05, 0.1) is 24.9 Å². The van der Waals surface area contributed by atoms with E-state index in [4.69, 9.17) is 21.1 Å². The SMILES string of the molecule is COc1ccc(OC)c(/C=C/C(=O)c2cc(Cl)c[nH]2)c1. The van der Waals surface area contributed by atoms with E-state index in [1.807, 2.05) is 0 Å². The van der Waals surface area contributed by atoms with Gasteiger partial charge in [0.25, 0.3) is 0 Å². The van der Waals surface area contributed by atoms with Crippen LogP contribution in [-0.4, -0.2) is 25.0 Å². The third kappa shape index (κ3) is 3.22. The van der Waals surface area contributed by atoms with E-state index >= 15 is 0 Å². The molecule has 0 aliphatic rings. The fourth-order valence-electron chi connectivity index (χ4n) is 1.74. The Balaban J connectivity index is 2.24. The number of rotatable bonds is 5. The van der Waals surface area contributed by atoms with E-state index in [-0.39, 0.29) is 5.78 Å². The zero-order chi connectivity index (χ0) is 14.5. The molecule has 4 nitrogen and oxygen atoms in total. The highest BCUT2D eigenvalue weighted by Gasteiger charge is 2.06. The number of methoxy groups -OCH3 is 2. The number of allylic oxidation sites excluding steroid dienone is 1. The van der Waals surface area contributed by atoms with E-state index in [1.54, 1.807) is 50.8 Å². The summed E-state index contributed by atoms with van der Waals surface area (Å²) < 4.78 is 10.4. The van der Waals surface area contributed by atoms with Crippen molar-refractivity contribution in [1.82, 2.24) is 4.98 Å². The van der Waals surface area contributed by atoms with Crippen molar-refractivity contribution < 1.29 is 14.3 Å². The molecule has 0 atom stereocenters. The summed E-state index contributed by atoms with van der Waals surface area (Å²) in [6.07, 6.45) is 4.70. The quantitative estimate of drug-likeness (QED) is 0.676. The van der Waals surface area contributed by atoms with Crippen molar-refractivity contribution in [2.24, 2.45) is 0 Å². The van der Waals surface area contributed by atoms with E-state index in [0.29, 0.717) is 22.2 Å². The lowest BCUT2D eigenvalue weighted by Crippen LogP contribution is -1.94. The molecule has 0 amide bonds. The zero-order valence-corrected chi connectivity index (χ0v) is 11.9. The Kier molecular flexibility index (Phi) is 4.48. The van der Waals surface area contributed by atoms with Crippen LogP contribution in [0.4, 0.5) is 0 Å². The minimum atomic E-state index is -0.165. The molecule has 0 fully saturated rings. The number of aromatic amines is 1. The molecule has 2 aromatic rings. The van der Waals surface area contributed by atoms with Crippen LogP contribution in [0.25, 0.3) is 6.08 Å². The van der Waals surface area contributed by atoms with E-state index in [9.17, 15) is 4.79 Å². The first-order chi connectivity index (χ1) is 9.63. The number of carbonyl (C=O) groups excluding carboxylic acids is 1. The van der Waals surface area contributed by atoms with Crippen molar-refractivity contribution in [3.63, 3.8) is 0 Å². The van der Waals surface area contributed by atoms with Crippen LogP contribution in [-0.2, 0) is 0 Å². The highest BCUT2D eigenvalue weighted by atomic mass is 35.5. The molecule has 0 spiro atoms. The van der Waals surface area contributed by atoms with Crippen LogP contribution in [0.5, 0.6) is 11.5 Å². The second-order valence-corrected chi connectivity index (χ2v) is 4.47. The number of hydrogen-bond acceptors (Lipinski definition) is 3. The summed E-state index contributed by atoms with van der Waals surface area (Å²) in [5.41, 5.74) is 1.20. The molecule has 1 heterocycles. The molecular weight excluding hydrogens is 278 g/mol.